The third-order valence-electron chi connectivity index (χ3n) is 3.83. The summed E-state index contributed by atoms with van der Waals surface area (Å²) in [5.41, 5.74) is 1.24. The van der Waals surface area contributed by atoms with Crippen molar-refractivity contribution in [1.29, 1.82) is 0 Å². The highest BCUT2D eigenvalue weighted by molar-refractivity contribution is 6.31. The second-order valence-corrected chi connectivity index (χ2v) is 5.94. The number of nitrogens with zero attached hydrogens (tertiary/aromatic N) is 2. The SMILES string of the molecule is CCNC1CCCC(c2c(Cl)cnn2C(C)C)C1. The lowest BCUT2D eigenvalue weighted by Crippen LogP contribution is -2.34. The predicted molar refractivity (Wildman–Crippen MR) is 76.3 cm³/mol. The number of halogens is 1. The maximum absolute atomic E-state index is 6.34. The van der Waals surface area contributed by atoms with Gasteiger partial charge in [0.25, 0.3) is 0 Å². The highest BCUT2D eigenvalue weighted by atomic mass is 35.5. The Morgan fingerprint density at radius 2 is 2.28 bits per heavy atom. The molecule has 2 rings (SSSR count). The van der Waals surface area contributed by atoms with E-state index in [9.17, 15) is 0 Å². The van der Waals surface area contributed by atoms with E-state index in [-0.39, 0.29) is 0 Å². The number of rotatable bonds is 4. The van der Waals surface area contributed by atoms with Gasteiger partial charge in [-0.15, -0.1) is 0 Å². The molecule has 4 heteroatoms. The lowest BCUT2D eigenvalue weighted by molar-refractivity contribution is 0.328. The van der Waals surface area contributed by atoms with Gasteiger partial charge in [0.1, 0.15) is 0 Å². The average molecular weight is 270 g/mol. The van der Waals surface area contributed by atoms with Gasteiger partial charge < -0.3 is 5.32 Å². The molecule has 2 atom stereocenters. The quantitative estimate of drug-likeness (QED) is 0.902. The molecule has 1 aromatic heterocycles. The lowest BCUT2D eigenvalue weighted by Gasteiger charge is -2.30. The van der Waals surface area contributed by atoms with E-state index in [1.54, 1.807) is 6.20 Å². The number of nitrogens with one attached hydrogen (secondary N) is 1. The minimum atomic E-state index is 0.381. The van der Waals surface area contributed by atoms with Gasteiger partial charge >= 0.3 is 0 Å². The van der Waals surface area contributed by atoms with E-state index in [4.69, 9.17) is 11.6 Å². The topological polar surface area (TPSA) is 29.9 Å². The van der Waals surface area contributed by atoms with Gasteiger partial charge in [-0.3, -0.25) is 4.68 Å². The smallest absolute Gasteiger partial charge is 0.0820 e. The van der Waals surface area contributed by atoms with Gasteiger partial charge in [0.15, 0.2) is 0 Å². The summed E-state index contributed by atoms with van der Waals surface area (Å²) in [4.78, 5) is 0. The van der Waals surface area contributed by atoms with Gasteiger partial charge in [0.05, 0.1) is 16.9 Å². The minimum Gasteiger partial charge on any atom is -0.314 e. The second kappa shape index (κ2) is 6.07. The van der Waals surface area contributed by atoms with Crippen molar-refractivity contribution in [2.24, 2.45) is 0 Å². The van der Waals surface area contributed by atoms with Crippen molar-refractivity contribution in [3.05, 3.63) is 16.9 Å². The summed E-state index contributed by atoms with van der Waals surface area (Å²) in [6, 6.07) is 1.02. The van der Waals surface area contributed by atoms with Crippen LogP contribution in [0.1, 0.15) is 64.1 Å². The maximum atomic E-state index is 6.34. The predicted octanol–water partition coefficient (Wildman–Crippen LogP) is 3.75. The number of hydrogen-bond donors (Lipinski definition) is 1. The summed E-state index contributed by atoms with van der Waals surface area (Å²) in [6.45, 7) is 7.55. The normalized spacial score (nSPS) is 24.7. The fourth-order valence-corrected chi connectivity index (χ4v) is 3.34. The molecule has 1 aliphatic rings. The second-order valence-electron chi connectivity index (χ2n) is 5.53. The van der Waals surface area contributed by atoms with Crippen molar-refractivity contribution in [3.8, 4) is 0 Å². The van der Waals surface area contributed by atoms with E-state index < -0.39 is 0 Å². The number of hydrogen-bond acceptors (Lipinski definition) is 2. The van der Waals surface area contributed by atoms with Crippen LogP contribution in [0.5, 0.6) is 0 Å². The average Bonchev–Trinajstić information content (AvgIpc) is 2.72. The third kappa shape index (κ3) is 2.89. The van der Waals surface area contributed by atoms with E-state index in [1.165, 1.54) is 31.4 Å². The Labute approximate surface area is 115 Å². The summed E-state index contributed by atoms with van der Waals surface area (Å²) >= 11 is 6.34. The first-order chi connectivity index (χ1) is 8.63. The Bertz CT molecular complexity index is 384. The molecule has 1 fully saturated rings. The van der Waals surface area contributed by atoms with Crippen molar-refractivity contribution < 1.29 is 0 Å². The van der Waals surface area contributed by atoms with E-state index in [2.05, 4.69) is 35.9 Å². The van der Waals surface area contributed by atoms with Gasteiger partial charge in [-0.1, -0.05) is 24.9 Å². The minimum absolute atomic E-state index is 0.381. The molecule has 0 aromatic carbocycles. The van der Waals surface area contributed by atoms with Crippen LogP contribution in [0, 0.1) is 0 Å². The van der Waals surface area contributed by atoms with Crippen LogP contribution in [0.2, 0.25) is 5.02 Å². The molecule has 18 heavy (non-hydrogen) atoms. The lowest BCUT2D eigenvalue weighted by atomic mass is 9.83. The standard InChI is InChI=1S/C14H24ClN3/c1-4-16-12-7-5-6-11(8-12)14-13(15)9-17-18(14)10(2)3/h9-12,16H,4-8H2,1-3H3. The molecule has 102 valence electrons. The molecule has 0 bridgehead atoms. The van der Waals surface area contributed by atoms with Crippen LogP contribution >= 0.6 is 11.6 Å². The Morgan fingerprint density at radius 1 is 1.50 bits per heavy atom. The fraction of sp³-hybridized carbons (Fsp3) is 0.786. The molecule has 0 aliphatic heterocycles. The van der Waals surface area contributed by atoms with Gasteiger partial charge in [0, 0.05) is 18.0 Å². The molecule has 1 aromatic rings. The Hall–Kier alpha value is -0.540. The Morgan fingerprint density at radius 3 is 2.94 bits per heavy atom. The van der Waals surface area contributed by atoms with Crippen LogP contribution < -0.4 is 5.32 Å². The van der Waals surface area contributed by atoms with Crippen molar-refractivity contribution in [3.63, 3.8) is 0 Å². The molecule has 0 amide bonds. The van der Waals surface area contributed by atoms with Crippen molar-refractivity contribution in [1.82, 2.24) is 15.1 Å². The van der Waals surface area contributed by atoms with Gasteiger partial charge in [-0.25, -0.2) is 0 Å². The first-order valence-corrected chi connectivity index (χ1v) is 7.47. The molecule has 1 heterocycles. The van der Waals surface area contributed by atoms with Crippen molar-refractivity contribution in [2.45, 2.75) is 64.5 Å². The highest BCUT2D eigenvalue weighted by Gasteiger charge is 2.27. The van der Waals surface area contributed by atoms with Crippen LogP contribution in [0.3, 0.4) is 0 Å². The van der Waals surface area contributed by atoms with Gasteiger partial charge in [-0.05, 0) is 39.7 Å². The fourth-order valence-electron chi connectivity index (χ4n) is 3.06. The monoisotopic (exact) mass is 269 g/mol. The number of aromatic nitrogens is 2. The van der Waals surface area contributed by atoms with E-state index in [1.807, 2.05) is 0 Å². The molecule has 1 aliphatic carbocycles. The Kier molecular flexibility index (Phi) is 4.68. The van der Waals surface area contributed by atoms with Crippen molar-refractivity contribution in [2.75, 3.05) is 6.54 Å². The van der Waals surface area contributed by atoms with E-state index in [0.717, 1.165) is 11.6 Å². The first kappa shape index (κ1) is 13.9. The molecule has 2 unspecified atom stereocenters. The summed E-state index contributed by atoms with van der Waals surface area (Å²) in [5.74, 6) is 0.556. The maximum Gasteiger partial charge on any atom is 0.0820 e. The van der Waals surface area contributed by atoms with Crippen LogP contribution in [0.4, 0.5) is 0 Å². The summed E-state index contributed by atoms with van der Waals surface area (Å²) in [7, 11) is 0. The van der Waals surface area contributed by atoms with Crippen LogP contribution in [-0.2, 0) is 0 Å². The molecule has 0 spiro atoms. The van der Waals surface area contributed by atoms with Crippen molar-refractivity contribution >= 4 is 11.6 Å². The largest absolute Gasteiger partial charge is 0.314 e. The highest BCUT2D eigenvalue weighted by Crippen LogP contribution is 2.37. The van der Waals surface area contributed by atoms with Crippen LogP contribution in [0.25, 0.3) is 0 Å². The molecule has 0 radical (unpaired) electrons. The van der Waals surface area contributed by atoms with Gasteiger partial charge in [-0.2, -0.15) is 5.10 Å². The van der Waals surface area contributed by atoms with E-state index >= 15 is 0 Å². The van der Waals surface area contributed by atoms with E-state index in [0.29, 0.717) is 18.0 Å². The summed E-state index contributed by atoms with van der Waals surface area (Å²) in [5, 5.41) is 8.84. The Balaban J connectivity index is 2.17. The van der Waals surface area contributed by atoms with Crippen LogP contribution in [-0.4, -0.2) is 22.4 Å². The van der Waals surface area contributed by atoms with Crippen LogP contribution in [0.15, 0.2) is 6.20 Å². The zero-order chi connectivity index (χ0) is 13.1. The molecular formula is C14H24ClN3. The molecule has 3 nitrogen and oxygen atoms in total. The molecule has 0 saturated heterocycles. The van der Waals surface area contributed by atoms with Gasteiger partial charge in [0.2, 0.25) is 0 Å². The zero-order valence-electron chi connectivity index (χ0n) is 11.6. The molecule has 1 N–H and O–H groups in total. The third-order valence-corrected chi connectivity index (χ3v) is 4.12. The molecular weight excluding hydrogens is 246 g/mol. The first-order valence-electron chi connectivity index (χ1n) is 7.09. The zero-order valence-corrected chi connectivity index (χ0v) is 12.4. The summed E-state index contributed by atoms with van der Waals surface area (Å²) < 4.78 is 2.10. The molecule has 1 saturated carbocycles. The summed E-state index contributed by atoms with van der Waals surface area (Å²) in [6.07, 6.45) is 6.79.